The quantitative estimate of drug-likeness (QED) is 0.119. The molecule has 3 aromatic carbocycles. The summed E-state index contributed by atoms with van der Waals surface area (Å²) in [7, 11) is 1.59. The summed E-state index contributed by atoms with van der Waals surface area (Å²) in [6, 6.07) is 15.2. The van der Waals surface area contributed by atoms with Crippen LogP contribution in [0.25, 0.3) is 22.3 Å². The van der Waals surface area contributed by atoms with E-state index in [0.717, 1.165) is 29.5 Å². The Balaban J connectivity index is 1.26. The van der Waals surface area contributed by atoms with Crippen LogP contribution >= 0.6 is 11.9 Å². The second-order valence-corrected chi connectivity index (χ2v) is 11.3. The standard InChI is InChI=1S/C33H35FN2O6S/c1-20-16-21(4-11-25(20)33(38)39)19-41-15-14-40-13-12-36(43-3)28-18-29-27(17-26(28)22-5-6-22)30(32(37)35-2)31(42-29)23-7-9-24(34)10-8-23/h4,7-11,16-18,22H,5-6,12-15,19H2,1-3H3,(H,35,37)(H,38,39). The molecule has 1 aliphatic carbocycles. The fourth-order valence-electron chi connectivity index (χ4n) is 5.16. The van der Waals surface area contributed by atoms with Gasteiger partial charge in [-0.1, -0.05) is 24.1 Å². The number of hydrogen-bond donors (Lipinski definition) is 2. The SMILES string of the molecule is CNC(=O)c1c(-c2ccc(F)cc2)oc2cc(N(CCOCCOCc3ccc(C(=O)O)c(C)c3)SC)c(C3CC3)cc12. The van der Waals surface area contributed by atoms with E-state index < -0.39 is 5.97 Å². The van der Waals surface area contributed by atoms with Gasteiger partial charge in [0.15, 0.2) is 0 Å². The van der Waals surface area contributed by atoms with Crippen LogP contribution in [0.15, 0.2) is 59.0 Å². The van der Waals surface area contributed by atoms with Gasteiger partial charge in [0, 0.05) is 30.3 Å². The molecule has 0 atom stereocenters. The van der Waals surface area contributed by atoms with Crippen LogP contribution < -0.4 is 9.62 Å². The van der Waals surface area contributed by atoms with Crippen molar-refractivity contribution < 1.29 is 33.0 Å². The molecule has 1 aromatic heterocycles. The lowest BCUT2D eigenvalue weighted by Gasteiger charge is -2.24. The van der Waals surface area contributed by atoms with Crippen molar-refractivity contribution in [1.82, 2.24) is 5.32 Å². The zero-order chi connectivity index (χ0) is 30.5. The van der Waals surface area contributed by atoms with Crippen LogP contribution in [0, 0.1) is 12.7 Å². The van der Waals surface area contributed by atoms with Crippen LogP contribution in [0.1, 0.15) is 56.2 Å². The number of aromatic carboxylic acids is 1. The van der Waals surface area contributed by atoms with Crippen molar-refractivity contribution in [3.05, 3.63) is 88.2 Å². The van der Waals surface area contributed by atoms with E-state index in [0.29, 0.717) is 72.5 Å². The van der Waals surface area contributed by atoms with Crippen molar-refractivity contribution in [1.29, 1.82) is 0 Å². The van der Waals surface area contributed by atoms with Crippen LogP contribution in [0.3, 0.4) is 0 Å². The number of hydrogen-bond acceptors (Lipinski definition) is 7. The lowest BCUT2D eigenvalue weighted by molar-refractivity contribution is 0.0436. The van der Waals surface area contributed by atoms with Crippen molar-refractivity contribution in [2.75, 3.05) is 44.0 Å². The molecule has 2 N–H and O–H groups in total. The molecule has 0 aliphatic heterocycles. The molecule has 0 spiro atoms. The molecule has 1 amide bonds. The number of furan rings is 1. The second-order valence-electron chi connectivity index (χ2n) is 10.5. The number of halogens is 1. The molecule has 226 valence electrons. The summed E-state index contributed by atoms with van der Waals surface area (Å²) in [6.45, 7) is 4.12. The molecule has 10 heteroatoms. The molecule has 0 unspecified atom stereocenters. The lowest BCUT2D eigenvalue weighted by atomic mass is 10.0. The second kappa shape index (κ2) is 13.6. The van der Waals surface area contributed by atoms with Crippen LogP contribution in [-0.2, 0) is 16.1 Å². The minimum absolute atomic E-state index is 0.252. The maximum Gasteiger partial charge on any atom is 0.335 e. The van der Waals surface area contributed by atoms with Gasteiger partial charge in [0.2, 0.25) is 0 Å². The lowest BCUT2D eigenvalue weighted by Crippen LogP contribution is -2.22. The van der Waals surface area contributed by atoms with Gasteiger partial charge < -0.3 is 28.6 Å². The summed E-state index contributed by atoms with van der Waals surface area (Å²) >= 11 is 1.60. The van der Waals surface area contributed by atoms with Gasteiger partial charge in [-0.2, -0.15) is 0 Å². The first-order valence-electron chi connectivity index (χ1n) is 14.2. The van der Waals surface area contributed by atoms with Gasteiger partial charge in [0.25, 0.3) is 5.91 Å². The van der Waals surface area contributed by atoms with E-state index >= 15 is 0 Å². The predicted octanol–water partition coefficient (Wildman–Crippen LogP) is 6.80. The Morgan fingerprint density at radius 1 is 1.07 bits per heavy atom. The van der Waals surface area contributed by atoms with E-state index in [1.807, 2.05) is 18.4 Å². The minimum Gasteiger partial charge on any atom is -0.478 e. The number of ether oxygens (including phenoxy) is 2. The third kappa shape index (κ3) is 7.04. The average molecular weight is 607 g/mol. The van der Waals surface area contributed by atoms with Gasteiger partial charge in [-0.05, 0) is 78.8 Å². The number of anilines is 1. The summed E-state index contributed by atoms with van der Waals surface area (Å²) in [5.41, 5.74) is 5.80. The Bertz CT molecular complexity index is 1620. The topological polar surface area (TPSA) is 101 Å². The highest BCUT2D eigenvalue weighted by Gasteiger charge is 2.31. The van der Waals surface area contributed by atoms with Gasteiger partial charge in [0.05, 0.1) is 49.8 Å². The highest BCUT2D eigenvalue weighted by atomic mass is 32.2. The Morgan fingerprint density at radius 3 is 2.47 bits per heavy atom. The molecule has 1 aliphatic rings. The number of carbonyl (C=O) groups excluding carboxylic acids is 1. The average Bonchev–Trinajstić information content (AvgIpc) is 3.78. The largest absolute Gasteiger partial charge is 0.478 e. The number of fused-ring (bicyclic) bond motifs is 1. The normalized spacial score (nSPS) is 12.9. The van der Waals surface area contributed by atoms with Crippen molar-refractivity contribution in [2.24, 2.45) is 0 Å². The van der Waals surface area contributed by atoms with Crippen molar-refractivity contribution in [3.63, 3.8) is 0 Å². The summed E-state index contributed by atoms with van der Waals surface area (Å²) in [5.74, 6) is -0.711. The number of carbonyl (C=O) groups is 2. The van der Waals surface area contributed by atoms with Gasteiger partial charge in [-0.3, -0.25) is 4.79 Å². The number of rotatable bonds is 14. The first-order valence-corrected chi connectivity index (χ1v) is 15.4. The van der Waals surface area contributed by atoms with E-state index in [9.17, 15) is 19.1 Å². The molecule has 43 heavy (non-hydrogen) atoms. The summed E-state index contributed by atoms with van der Waals surface area (Å²) < 4.78 is 33.7. The minimum atomic E-state index is -0.936. The maximum atomic E-state index is 13.6. The Kier molecular flexibility index (Phi) is 9.69. The van der Waals surface area contributed by atoms with Gasteiger partial charge >= 0.3 is 5.97 Å². The first-order chi connectivity index (χ1) is 20.8. The van der Waals surface area contributed by atoms with Crippen LogP contribution in [-0.4, -0.2) is 56.7 Å². The van der Waals surface area contributed by atoms with Crippen LogP contribution in [0.5, 0.6) is 0 Å². The van der Waals surface area contributed by atoms with E-state index in [2.05, 4.69) is 15.7 Å². The molecule has 1 fully saturated rings. The Hall–Kier alpha value is -3.86. The number of benzene rings is 3. The highest BCUT2D eigenvalue weighted by Crippen LogP contribution is 2.48. The molecule has 0 saturated heterocycles. The summed E-state index contributed by atoms with van der Waals surface area (Å²) in [4.78, 5) is 24.2. The van der Waals surface area contributed by atoms with Crippen molar-refractivity contribution >= 4 is 40.5 Å². The fraction of sp³-hybridized carbons (Fsp3) is 0.333. The Morgan fingerprint density at radius 2 is 1.81 bits per heavy atom. The summed E-state index contributed by atoms with van der Waals surface area (Å²) in [5, 5.41) is 12.7. The van der Waals surface area contributed by atoms with E-state index in [-0.39, 0.29) is 11.7 Å². The van der Waals surface area contributed by atoms with E-state index in [4.69, 9.17) is 13.9 Å². The first kappa shape index (κ1) is 30.6. The van der Waals surface area contributed by atoms with Crippen LogP contribution in [0.2, 0.25) is 0 Å². The monoisotopic (exact) mass is 606 g/mol. The van der Waals surface area contributed by atoms with E-state index in [1.54, 1.807) is 50.2 Å². The molecular weight excluding hydrogens is 571 g/mol. The predicted molar refractivity (Wildman–Crippen MR) is 166 cm³/mol. The van der Waals surface area contributed by atoms with Gasteiger partial charge in [-0.15, -0.1) is 0 Å². The maximum absolute atomic E-state index is 13.6. The molecule has 5 rings (SSSR count). The number of amides is 1. The molecule has 4 aromatic rings. The fourth-order valence-corrected chi connectivity index (χ4v) is 5.78. The molecule has 1 saturated carbocycles. The molecule has 0 bridgehead atoms. The third-order valence-electron chi connectivity index (χ3n) is 7.50. The number of aryl methyl sites for hydroxylation is 1. The third-order valence-corrected chi connectivity index (χ3v) is 8.32. The Labute approximate surface area is 254 Å². The van der Waals surface area contributed by atoms with Crippen molar-refractivity contribution in [2.45, 2.75) is 32.3 Å². The number of nitrogens with zero attached hydrogens (tertiary/aromatic N) is 1. The summed E-state index contributed by atoms with van der Waals surface area (Å²) in [6.07, 6.45) is 4.19. The molecule has 8 nitrogen and oxygen atoms in total. The highest BCUT2D eigenvalue weighted by molar-refractivity contribution is 7.99. The zero-order valence-corrected chi connectivity index (χ0v) is 25.3. The number of carboxylic acid groups (broad SMARTS) is 1. The van der Waals surface area contributed by atoms with E-state index in [1.165, 1.54) is 17.7 Å². The molecular formula is C33H35FN2O6S. The van der Waals surface area contributed by atoms with Crippen LogP contribution in [0.4, 0.5) is 10.1 Å². The molecule has 0 radical (unpaired) electrons. The van der Waals surface area contributed by atoms with Gasteiger partial charge in [-0.25, -0.2) is 9.18 Å². The van der Waals surface area contributed by atoms with Crippen molar-refractivity contribution in [3.8, 4) is 11.3 Å². The molecule has 1 heterocycles. The number of carboxylic acids is 1. The zero-order valence-electron chi connectivity index (χ0n) is 24.4. The number of nitrogens with one attached hydrogen (secondary N) is 1. The van der Waals surface area contributed by atoms with Gasteiger partial charge in [0.1, 0.15) is 17.2 Å². The smallest absolute Gasteiger partial charge is 0.335 e.